The summed E-state index contributed by atoms with van der Waals surface area (Å²) in [6.45, 7) is 10.7. The monoisotopic (exact) mass is 265 g/mol. The Bertz CT molecular complexity index is 358. The average Bonchev–Trinajstić information content (AvgIpc) is 2.41. The van der Waals surface area contributed by atoms with E-state index in [1.807, 2.05) is 46.8 Å². The third-order valence-corrected chi connectivity index (χ3v) is 2.80. The smallest absolute Gasteiger partial charge is 0.137 e. The lowest BCUT2D eigenvalue weighted by molar-refractivity contribution is -0.122. The van der Waals surface area contributed by atoms with Gasteiger partial charge in [-0.3, -0.25) is 4.79 Å². The van der Waals surface area contributed by atoms with Crippen LogP contribution in [0, 0.1) is 5.92 Å². The number of benzene rings is 1. The van der Waals surface area contributed by atoms with Gasteiger partial charge < -0.3 is 10.4 Å². The van der Waals surface area contributed by atoms with Crippen molar-refractivity contribution in [3.05, 3.63) is 29.8 Å². The van der Waals surface area contributed by atoms with Gasteiger partial charge in [0.1, 0.15) is 11.5 Å². The van der Waals surface area contributed by atoms with E-state index in [4.69, 9.17) is 0 Å². The van der Waals surface area contributed by atoms with Crippen LogP contribution in [-0.4, -0.2) is 17.4 Å². The summed E-state index contributed by atoms with van der Waals surface area (Å²) in [5, 5.41) is 12.6. The highest BCUT2D eigenvalue weighted by Crippen LogP contribution is 2.21. The summed E-state index contributed by atoms with van der Waals surface area (Å²) in [6, 6.07) is 7.06. The zero-order valence-corrected chi connectivity index (χ0v) is 12.7. The minimum atomic E-state index is 0.0375. The molecule has 1 aromatic rings. The fourth-order valence-corrected chi connectivity index (χ4v) is 1.70. The van der Waals surface area contributed by atoms with Crippen LogP contribution in [0.5, 0.6) is 5.75 Å². The lowest BCUT2D eigenvalue weighted by Gasteiger charge is -2.18. The van der Waals surface area contributed by atoms with Crippen LogP contribution in [0.4, 0.5) is 0 Å². The van der Waals surface area contributed by atoms with Crippen LogP contribution >= 0.6 is 0 Å². The van der Waals surface area contributed by atoms with Crippen molar-refractivity contribution in [2.45, 2.75) is 47.1 Å². The molecule has 0 aliphatic rings. The van der Waals surface area contributed by atoms with Gasteiger partial charge in [0.2, 0.25) is 0 Å². The summed E-state index contributed by atoms with van der Waals surface area (Å²) in [7, 11) is 0. The highest BCUT2D eigenvalue weighted by Gasteiger charge is 2.16. The standard InChI is InChI=1S/C14H21NO2.C2H6/c1-4-15-13(9-14(17)10(2)3)11-5-7-12(16)8-6-11;1-2/h5-8,10,13,15-16H,4,9H2,1-3H3;1-2H3. The maximum Gasteiger partial charge on any atom is 0.137 e. The predicted octanol–water partition coefficient (Wildman–Crippen LogP) is 3.68. The number of ketones is 1. The van der Waals surface area contributed by atoms with E-state index < -0.39 is 0 Å². The Kier molecular flexibility index (Phi) is 8.88. The zero-order chi connectivity index (χ0) is 14.8. The molecule has 108 valence electrons. The van der Waals surface area contributed by atoms with Gasteiger partial charge in [-0.1, -0.05) is 46.8 Å². The number of aromatic hydroxyl groups is 1. The van der Waals surface area contributed by atoms with Crippen LogP contribution in [0.15, 0.2) is 24.3 Å². The molecule has 0 spiro atoms. The number of hydrogen-bond donors (Lipinski definition) is 2. The molecule has 0 fully saturated rings. The summed E-state index contributed by atoms with van der Waals surface area (Å²) in [5.74, 6) is 0.566. The lowest BCUT2D eigenvalue weighted by Crippen LogP contribution is -2.25. The highest BCUT2D eigenvalue weighted by atomic mass is 16.3. The zero-order valence-electron chi connectivity index (χ0n) is 12.7. The van der Waals surface area contributed by atoms with Crippen LogP contribution in [-0.2, 0) is 4.79 Å². The van der Waals surface area contributed by atoms with Crippen LogP contribution in [0.3, 0.4) is 0 Å². The number of rotatable bonds is 6. The lowest BCUT2D eigenvalue weighted by atomic mass is 9.96. The first-order valence-corrected chi connectivity index (χ1v) is 7.09. The van der Waals surface area contributed by atoms with Crippen LogP contribution < -0.4 is 5.32 Å². The molecule has 0 aliphatic heterocycles. The van der Waals surface area contributed by atoms with Crippen LogP contribution in [0.1, 0.15) is 52.6 Å². The molecule has 1 aromatic carbocycles. The van der Waals surface area contributed by atoms with Crippen LogP contribution in [0.2, 0.25) is 0 Å². The molecule has 3 heteroatoms. The van der Waals surface area contributed by atoms with Gasteiger partial charge >= 0.3 is 0 Å². The summed E-state index contributed by atoms with van der Waals surface area (Å²) < 4.78 is 0. The quantitative estimate of drug-likeness (QED) is 0.825. The molecule has 1 rings (SSSR count). The second kappa shape index (κ2) is 9.56. The summed E-state index contributed by atoms with van der Waals surface area (Å²) in [6.07, 6.45) is 0.496. The molecule has 0 aromatic heterocycles. The van der Waals surface area contributed by atoms with Crippen molar-refractivity contribution in [2.75, 3.05) is 6.54 Å². The van der Waals surface area contributed by atoms with Gasteiger partial charge in [0.15, 0.2) is 0 Å². The molecule has 1 atom stereocenters. The summed E-state index contributed by atoms with van der Waals surface area (Å²) >= 11 is 0. The number of carbonyl (C=O) groups excluding carboxylic acids is 1. The minimum Gasteiger partial charge on any atom is -0.508 e. The SMILES string of the molecule is CC.CCNC(CC(=O)C(C)C)c1ccc(O)cc1. The van der Waals surface area contributed by atoms with Crippen molar-refractivity contribution in [1.82, 2.24) is 5.32 Å². The molecular weight excluding hydrogens is 238 g/mol. The maximum atomic E-state index is 11.8. The van der Waals surface area contributed by atoms with E-state index in [1.165, 1.54) is 0 Å². The van der Waals surface area contributed by atoms with Crippen molar-refractivity contribution in [3.63, 3.8) is 0 Å². The van der Waals surface area contributed by atoms with E-state index in [9.17, 15) is 9.90 Å². The highest BCUT2D eigenvalue weighted by molar-refractivity contribution is 5.81. The average molecular weight is 265 g/mol. The number of phenols is 1. The Labute approximate surface area is 117 Å². The molecule has 1 unspecified atom stereocenters. The molecule has 3 nitrogen and oxygen atoms in total. The molecule has 0 heterocycles. The molecular formula is C16H27NO2. The van der Waals surface area contributed by atoms with Gasteiger partial charge in [0, 0.05) is 18.4 Å². The fourth-order valence-electron chi connectivity index (χ4n) is 1.70. The minimum absolute atomic E-state index is 0.0375. The summed E-state index contributed by atoms with van der Waals surface area (Å²) in [5.41, 5.74) is 1.04. The first-order valence-electron chi connectivity index (χ1n) is 7.09. The van der Waals surface area contributed by atoms with Crippen molar-refractivity contribution in [3.8, 4) is 5.75 Å². The van der Waals surface area contributed by atoms with Crippen LogP contribution in [0.25, 0.3) is 0 Å². The molecule has 0 saturated carbocycles. The number of phenolic OH excluding ortho intramolecular Hbond substituents is 1. The first-order chi connectivity index (χ1) is 9.04. The molecule has 2 N–H and O–H groups in total. The Morgan fingerprint density at radius 3 is 2.16 bits per heavy atom. The second-order valence-electron chi connectivity index (χ2n) is 4.53. The van der Waals surface area contributed by atoms with Crippen molar-refractivity contribution >= 4 is 5.78 Å². The molecule has 0 bridgehead atoms. The van der Waals surface area contributed by atoms with E-state index in [0.717, 1.165) is 12.1 Å². The molecule has 0 aliphatic carbocycles. The first kappa shape index (κ1) is 17.6. The number of Topliss-reactive ketones (excluding diaryl/α,β-unsaturated/α-hetero) is 1. The van der Waals surface area contributed by atoms with E-state index in [-0.39, 0.29) is 23.5 Å². The molecule has 19 heavy (non-hydrogen) atoms. The number of carbonyl (C=O) groups is 1. The third-order valence-electron chi connectivity index (χ3n) is 2.80. The van der Waals surface area contributed by atoms with Gasteiger partial charge in [-0.2, -0.15) is 0 Å². The number of hydrogen-bond acceptors (Lipinski definition) is 3. The Morgan fingerprint density at radius 1 is 1.21 bits per heavy atom. The van der Waals surface area contributed by atoms with Gasteiger partial charge in [0.25, 0.3) is 0 Å². The largest absolute Gasteiger partial charge is 0.508 e. The summed E-state index contributed by atoms with van der Waals surface area (Å²) in [4.78, 5) is 11.8. The van der Waals surface area contributed by atoms with E-state index in [2.05, 4.69) is 5.32 Å². The molecule has 0 radical (unpaired) electrons. The maximum absolute atomic E-state index is 11.8. The predicted molar refractivity (Wildman–Crippen MR) is 80.3 cm³/mol. The van der Waals surface area contributed by atoms with E-state index >= 15 is 0 Å². The van der Waals surface area contributed by atoms with E-state index in [1.54, 1.807) is 12.1 Å². The van der Waals surface area contributed by atoms with Gasteiger partial charge in [0.05, 0.1) is 0 Å². The normalized spacial score (nSPS) is 11.7. The van der Waals surface area contributed by atoms with Crippen molar-refractivity contribution < 1.29 is 9.90 Å². The third kappa shape index (κ3) is 6.39. The van der Waals surface area contributed by atoms with Gasteiger partial charge in [-0.25, -0.2) is 0 Å². The topological polar surface area (TPSA) is 49.3 Å². The number of nitrogens with one attached hydrogen (secondary N) is 1. The van der Waals surface area contributed by atoms with Gasteiger partial charge in [-0.05, 0) is 24.2 Å². The Balaban J connectivity index is 0.00000154. The van der Waals surface area contributed by atoms with E-state index in [0.29, 0.717) is 6.42 Å². The van der Waals surface area contributed by atoms with Crippen molar-refractivity contribution in [1.29, 1.82) is 0 Å². The second-order valence-corrected chi connectivity index (χ2v) is 4.53. The fraction of sp³-hybridized carbons (Fsp3) is 0.562. The molecule has 0 saturated heterocycles. The Morgan fingerprint density at radius 2 is 1.74 bits per heavy atom. The van der Waals surface area contributed by atoms with Crippen molar-refractivity contribution in [2.24, 2.45) is 5.92 Å². The Hall–Kier alpha value is -1.35. The van der Waals surface area contributed by atoms with Gasteiger partial charge in [-0.15, -0.1) is 0 Å². The molecule has 0 amide bonds.